The average Bonchev–Trinajstić information content (AvgIpc) is 3.52. The molecule has 2 amide bonds. The van der Waals surface area contributed by atoms with Crippen LogP contribution >= 0.6 is 23.2 Å². The summed E-state index contributed by atoms with van der Waals surface area (Å²) in [4.78, 5) is 27.6. The molecule has 1 fully saturated rings. The van der Waals surface area contributed by atoms with Gasteiger partial charge in [-0.05, 0) is 38.0 Å². The van der Waals surface area contributed by atoms with Crippen LogP contribution in [0.5, 0.6) is 5.75 Å². The van der Waals surface area contributed by atoms with Crippen LogP contribution in [-0.2, 0) is 9.59 Å². The third-order valence-electron chi connectivity index (χ3n) is 5.10. The van der Waals surface area contributed by atoms with Gasteiger partial charge in [-0.25, -0.2) is 13.2 Å². The lowest BCUT2D eigenvalue weighted by Crippen LogP contribution is -2.53. The molecule has 3 rings (SSSR count). The first-order chi connectivity index (χ1) is 16.2. The Morgan fingerprint density at radius 1 is 1.20 bits per heavy atom. The number of benzene rings is 1. The molecule has 2 aromatic rings. The Morgan fingerprint density at radius 3 is 2.40 bits per heavy atom. The predicted molar refractivity (Wildman–Crippen MR) is 114 cm³/mol. The highest BCUT2D eigenvalue weighted by Gasteiger charge is 2.55. The van der Waals surface area contributed by atoms with Crippen LogP contribution < -0.4 is 15.4 Å². The highest BCUT2D eigenvalue weighted by molar-refractivity contribution is 6.36. The molecule has 1 aliphatic rings. The Balaban J connectivity index is 1.80. The van der Waals surface area contributed by atoms with E-state index in [2.05, 4.69) is 10.3 Å². The van der Waals surface area contributed by atoms with Crippen molar-refractivity contribution in [1.29, 1.82) is 0 Å². The lowest BCUT2D eigenvalue weighted by Gasteiger charge is -2.21. The number of halogens is 8. The van der Waals surface area contributed by atoms with Crippen molar-refractivity contribution in [2.75, 3.05) is 6.61 Å². The number of nitrogens with zero attached hydrogens (tertiary/aromatic N) is 1. The van der Waals surface area contributed by atoms with Gasteiger partial charge in [0.15, 0.2) is 0 Å². The minimum absolute atomic E-state index is 0.0147. The zero-order chi connectivity index (χ0) is 26.1. The van der Waals surface area contributed by atoms with E-state index in [1.165, 1.54) is 19.1 Å². The lowest BCUT2D eigenvalue weighted by atomic mass is 10.0. The third kappa shape index (κ3) is 6.29. The largest absolute Gasteiger partial charge is 0.485 e. The molecule has 0 aliphatic heterocycles. The van der Waals surface area contributed by atoms with Crippen LogP contribution in [0.1, 0.15) is 31.5 Å². The van der Waals surface area contributed by atoms with Crippen molar-refractivity contribution in [3.8, 4) is 16.9 Å². The van der Waals surface area contributed by atoms with Crippen molar-refractivity contribution in [3.05, 3.63) is 46.0 Å². The molecule has 1 aromatic carbocycles. The quantitative estimate of drug-likeness (QED) is 0.447. The predicted octanol–water partition coefficient (Wildman–Crippen LogP) is 5.23. The van der Waals surface area contributed by atoms with Crippen LogP contribution in [-0.4, -0.2) is 41.5 Å². The van der Waals surface area contributed by atoms with Gasteiger partial charge in [0.05, 0.1) is 16.8 Å². The zero-order valence-corrected chi connectivity index (χ0v) is 19.3. The molecule has 0 spiro atoms. The van der Waals surface area contributed by atoms with E-state index in [9.17, 15) is 35.9 Å². The van der Waals surface area contributed by atoms with Gasteiger partial charge < -0.3 is 15.4 Å². The van der Waals surface area contributed by atoms with Crippen LogP contribution in [0.15, 0.2) is 24.4 Å². The molecule has 35 heavy (non-hydrogen) atoms. The van der Waals surface area contributed by atoms with Crippen molar-refractivity contribution in [1.82, 2.24) is 15.6 Å². The first-order valence-electron chi connectivity index (χ1n) is 9.99. The summed E-state index contributed by atoms with van der Waals surface area (Å²) < 4.78 is 82.8. The minimum Gasteiger partial charge on any atom is -0.485 e. The van der Waals surface area contributed by atoms with E-state index in [-0.39, 0.29) is 45.5 Å². The molecule has 0 unspecified atom stereocenters. The lowest BCUT2D eigenvalue weighted by molar-refractivity contribution is -0.175. The van der Waals surface area contributed by atoms with Gasteiger partial charge in [-0.3, -0.25) is 14.6 Å². The molecule has 1 aromatic heterocycles. The van der Waals surface area contributed by atoms with Crippen molar-refractivity contribution in [2.45, 2.75) is 43.9 Å². The number of alkyl halides is 5. The molecule has 6 nitrogen and oxygen atoms in total. The summed E-state index contributed by atoms with van der Waals surface area (Å²) in [6, 6.07) is 2.47. The Hall–Kier alpha value is -2.73. The van der Waals surface area contributed by atoms with Gasteiger partial charge in [0.25, 0.3) is 6.43 Å². The second-order valence-electron chi connectivity index (χ2n) is 7.79. The summed E-state index contributed by atoms with van der Waals surface area (Å²) in [6.07, 6.45) is -6.83. The van der Waals surface area contributed by atoms with Crippen LogP contribution in [0.25, 0.3) is 11.1 Å². The fraction of sp³-hybridized carbons (Fsp3) is 0.381. The van der Waals surface area contributed by atoms with E-state index in [0.717, 1.165) is 12.3 Å². The number of pyridine rings is 1. The standard InChI is InChI=1S/C21H17Cl2F6N3O3/c1-9(31-18(33)20(2-3-20)32-19(34)21(27,28)29)16-14(24)4-10(7-30-16)12-5-11(22)6-13(23)17(12)35-8-15(25)26/h4-7,9,15H,2-3,8H2,1H3,(H,31,33)(H,32,34)/t9-/m1/s1. The number of nitrogens with one attached hydrogen (secondary N) is 2. The van der Waals surface area contributed by atoms with Crippen LogP contribution in [0, 0.1) is 5.82 Å². The average molecular weight is 544 g/mol. The maximum absolute atomic E-state index is 14.9. The molecule has 2 N–H and O–H groups in total. The topological polar surface area (TPSA) is 80.3 Å². The Morgan fingerprint density at radius 2 is 1.86 bits per heavy atom. The highest BCUT2D eigenvalue weighted by Crippen LogP contribution is 2.40. The van der Waals surface area contributed by atoms with Crippen molar-refractivity contribution < 1.29 is 40.7 Å². The van der Waals surface area contributed by atoms with Gasteiger partial charge in [0.2, 0.25) is 5.91 Å². The van der Waals surface area contributed by atoms with Crippen LogP contribution in [0.2, 0.25) is 10.0 Å². The maximum atomic E-state index is 14.9. The molecule has 190 valence electrons. The minimum atomic E-state index is -5.16. The van der Waals surface area contributed by atoms with Crippen molar-refractivity contribution in [2.24, 2.45) is 0 Å². The molecule has 0 radical (unpaired) electrons. The number of rotatable bonds is 8. The van der Waals surface area contributed by atoms with E-state index in [4.69, 9.17) is 27.9 Å². The molecule has 1 aliphatic carbocycles. The molecule has 0 bridgehead atoms. The number of ether oxygens (including phenoxy) is 1. The Kier molecular flexibility index (Phi) is 7.75. The van der Waals surface area contributed by atoms with E-state index < -0.39 is 48.4 Å². The number of amides is 2. The second kappa shape index (κ2) is 10.1. The summed E-state index contributed by atoms with van der Waals surface area (Å²) in [6.45, 7) is 0.371. The summed E-state index contributed by atoms with van der Waals surface area (Å²) in [7, 11) is 0. The van der Waals surface area contributed by atoms with Gasteiger partial charge in [-0.1, -0.05) is 23.2 Å². The Bertz CT molecular complexity index is 1140. The van der Waals surface area contributed by atoms with Crippen LogP contribution in [0.4, 0.5) is 26.3 Å². The van der Waals surface area contributed by atoms with E-state index >= 15 is 0 Å². The van der Waals surface area contributed by atoms with E-state index in [1.807, 2.05) is 0 Å². The van der Waals surface area contributed by atoms with Gasteiger partial charge in [0.1, 0.15) is 23.7 Å². The van der Waals surface area contributed by atoms with E-state index in [1.54, 1.807) is 5.32 Å². The monoisotopic (exact) mass is 543 g/mol. The molecular weight excluding hydrogens is 527 g/mol. The fourth-order valence-electron chi connectivity index (χ4n) is 3.21. The maximum Gasteiger partial charge on any atom is 0.471 e. The first-order valence-corrected chi connectivity index (χ1v) is 10.7. The molecular formula is C21H17Cl2F6N3O3. The summed E-state index contributed by atoms with van der Waals surface area (Å²) in [5, 5.41) is 4.04. The molecule has 14 heteroatoms. The highest BCUT2D eigenvalue weighted by atomic mass is 35.5. The van der Waals surface area contributed by atoms with Crippen molar-refractivity contribution >= 4 is 35.0 Å². The molecule has 1 saturated carbocycles. The smallest absolute Gasteiger partial charge is 0.471 e. The SMILES string of the molecule is C[C@@H](NC(=O)C1(NC(=O)C(F)(F)F)CC1)c1ncc(-c2cc(Cl)cc(Cl)c2OCC(F)F)cc1F. The normalized spacial score (nSPS) is 15.5. The number of carbonyl (C=O) groups is 2. The second-order valence-corrected chi connectivity index (χ2v) is 8.63. The third-order valence-corrected chi connectivity index (χ3v) is 5.59. The van der Waals surface area contributed by atoms with Gasteiger partial charge in [-0.2, -0.15) is 13.2 Å². The van der Waals surface area contributed by atoms with Crippen LogP contribution in [0.3, 0.4) is 0 Å². The van der Waals surface area contributed by atoms with Gasteiger partial charge in [-0.15, -0.1) is 0 Å². The van der Waals surface area contributed by atoms with Crippen molar-refractivity contribution in [3.63, 3.8) is 0 Å². The molecule has 0 saturated heterocycles. The summed E-state index contributed by atoms with van der Waals surface area (Å²) >= 11 is 12.0. The zero-order valence-electron chi connectivity index (χ0n) is 17.8. The van der Waals surface area contributed by atoms with Gasteiger partial charge >= 0.3 is 12.1 Å². The summed E-state index contributed by atoms with van der Waals surface area (Å²) in [5.74, 6) is -4.26. The molecule has 1 heterocycles. The first kappa shape index (κ1) is 26.9. The van der Waals surface area contributed by atoms with E-state index in [0.29, 0.717) is 0 Å². The summed E-state index contributed by atoms with van der Waals surface area (Å²) in [5.41, 5.74) is -1.83. The molecule has 1 atom stereocenters. The number of hydrogen-bond donors (Lipinski definition) is 2. The van der Waals surface area contributed by atoms with Gasteiger partial charge in [0, 0.05) is 22.3 Å². The number of carbonyl (C=O) groups excluding carboxylic acids is 2. The Labute approximate surface area is 204 Å². The number of hydrogen-bond acceptors (Lipinski definition) is 4. The number of aromatic nitrogens is 1. The fourth-order valence-corrected chi connectivity index (χ4v) is 3.76.